The summed E-state index contributed by atoms with van der Waals surface area (Å²) < 4.78 is 10.4. The molecule has 0 radical (unpaired) electrons. The van der Waals surface area contributed by atoms with Crippen LogP contribution in [0.5, 0.6) is 0 Å². The Balaban J connectivity index is 4.65. The molecule has 0 aromatic rings. The van der Waals surface area contributed by atoms with Gasteiger partial charge >= 0.3 is 6.03 Å². The first-order valence-corrected chi connectivity index (χ1v) is 7.71. The fourth-order valence-electron chi connectivity index (χ4n) is 1.90. The summed E-state index contributed by atoms with van der Waals surface area (Å²) in [5.74, 6) is 0. The molecule has 3 unspecified atom stereocenters. The van der Waals surface area contributed by atoms with Gasteiger partial charge in [0.25, 0.3) is 0 Å². The molecule has 8 nitrogen and oxygen atoms in total. The monoisotopic (exact) mass is 343 g/mol. The lowest BCUT2D eigenvalue weighted by atomic mass is 10.2. The predicted molar refractivity (Wildman–Crippen MR) is 93.2 cm³/mol. The number of aliphatic hydroxyl groups is 2. The summed E-state index contributed by atoms with van der Waals surface area (Å²) in [7, 11) is 0. The van der Waals surface area contributed by atoms with Crippen molar-refractivity contribution in [3.8, 4) is 0 Å². The normalized spacial score (nSPS) is 15.3. The molecule has 0 aromatic heterocycles. The van der Waals surface area contributed by atoms with Gasteiger partial charge in [-0.1, -0.05) is 12.2 Å². The quantitative estimate of drug-likeness (QED) is 0.231. The van der Waals surface area contributed by atoms with Crippen LogP contribution < -0.4 is 5.73 Å². The highest BCUT2D eigenvalue weighted by Crippen LogP contribution is 2.03. The highest BCUT2D eigenvalue weighted by atomic mass is 16.5. The van der Waals surface area contributed by atoms with Crippen molar-refractivity contribution >= 4 is 12.2 Å². The van der Waals surface area contributed by atoms with Gasteiger partial charge in [0.15, 0.2) is 0 Å². The minimum Gasteiger partial charge on any atom is -0.389 e. The first-order valence-electron chi connectivity index (χ1n) is 7.71. The van der Waals surface area contributed by atoms with Crippen molar-refractivity contribution in [1.82, 2.24) is 4.90 Å². The molecule has 2 amide bonds. The third-order valence-corrected chi connectivity index (χ3v) is 2.98. The molecule has 24 heavy (non-hydrogen) atoms. The average Bonchev–Trinajstić information content (AvgIpc) is 2.52. The molecule has 4 N–H and O–H groups in total. The number of primary amides is 1. The van der Waals surface area contributed by atoms with E-state index >= 15 is 0 Å². The van der Waals surface area contributed by atoms with E-state index in [2.05, 4.69) is 18.2 Å². The Morgan fingerprint density at radius 2 is 1.62 bits per heavy atom. The number of aliphatic hydroxyl groups excluding tert-OH is 2. The van der Waals surface area contributed by atoms with E-state index < -0.39 is 18.2 Å². The second-order valence-electron chi connectivity index (χ2n) is 5.27. The van der Waals surface area contributed by atoms with Crippen LogP contribution in [0.25, 0.3) is 0 Å². The van der Waals surface area contributed by atoms with Gasteiger partial charge in [0.05, 0.1) is 38.6 Å². The van der Waals surface area contributed by atoms with Gasteiger partial charge in [0, 0.05) is 25.3 Å². The van der Waals surface area contributed by atoms with Crippen LogP contribution in [0, 0.1) is 0 Å². The molecule has 0 aliphatic carbocycles. The van der Waals surface area contributed by atoms with E-state index in [1.54, 1.807) is 24.0 Å². The van der Waals surface area contributed by atoms with Gasteiger partial charge < -0.3 is 25.4 Å². The molecule has 138 valence electrons. The number of amides is 2. The lowest BCUT2D eigenvalue weighted by Gasteiger charge is -2.30. The lowest BCUT2D eigenvalue weighted by molar-refractivity contribution is -0.00580. The number of hydrogen-bond donors (Lipinski definition) is 3. The summed E-state index contributed by atoms with van der Waals surface area (Å²) in [5, 5.41) is 20.1. The number of carbonyl (C=O) groups is 1. The van der Waals surface area contributed by atoms with Crippen LogP contribution in [0.2, 0.25) is 0 Å². The minimum absolute atomic E-state index is 0.130. The van der Waals surface area contributed by atoms with Crippen molar-refractivity contribution in [2.45, 2.75) is 25.2 Å². The van der Waals surface area contributed by atoms with Gasteiger partial charge in [-0.15, -0.1) is 13.2 Å². The number of aliphatic imine (C=N–C) groups is 1. The van der Waals surface area contributed by atoms with Gasteiger partial charge in [-0.25, -0.2) is 9.79 Å². The van der Waals surface area contributed by atoms with Gasteiger partial charge in [0.1, 0.15) is 0 Å². The molecule has 0 spiro atoms. The van der Waals surface area contributed by atoms with Crippen molar-refractivity contribution in [2.24, 2.45) is 10.7 Å². The smallest absolute Gasteiger partial charge is 0.338 e. The number of rotatable bonds is 14. The molecular formula is C16H29N3O5. The van der Waals surface area contributed by atoms with Crippen LogP contribution in [-0.2, 0) is 9.47 Å². The summed E-state index contributed by atoms with van der Waals surface area (Å²) in [6.45, 7) is 10.2. The third-order valence-electron chi connectivity index (χ3n) is 2.98. The minimum atomic E-state index is -0.800. The van der Waals surface area contributed by atoms with Crippen molar-refractivity contribution in [1.29, 1.82) is 0 Å². The van der Waals surface area contributed by atoms with Crippen molar-refractivity contribution < 1.29 is 24.5 Å². The van der Waals surface area contributed by atoms with Crippen LogP contribution in [-0.4, -0.2) is 85.1 Å². The number of urea groups is 1. The zero-order valence-corrected chi connectivity index (χ0v) is 14.2. The Hall–Kier alpha value is -1.58. The number of nitrogens with two attached hydrogens (primary N) is 1. The number of carbonyl (C=O) groups excluding carboxylic acids is 1. The van der Waals surface area contributed by atoms with Crippen molar-refractivity contribution in [3.63, 3.8) is 0 Å². The maximum atomic E-state index is 10.8. The Kier molecular flexibility index (Phi) is 12.9. The molecule has 0 aliphatic rings. The molecule has 0 rings (SSSR count). The van der Waals surface area contributed by atoms with E-state index in [1.165, 1.54) is 6.21 Å². The van der Waals surface area contributed by atoms with Crippen LogP contribution in [0.1, 0.15) is 6.92 Å². The lowest BCUT2D eigenvalue weighted by Crippen LogP contribution is -2.46. The first-order chi connectivity index (χ1) is 11.4. The summed E-state index contributed by atoms with van der Waals surface area (Å²) >= 11 is 0. The van der Waals surface area contributed by atoms with E-state index in [4.69, 9.17) is 15.2 Å². The Labute approximate surface area is 143 Å². The number of nitrogens with zero attached hydrogens (tertiary/aromatic N) is 2. The zero-order chi connectivity index (χ0) is 18.4. The fourth-order valence-corrected chi connectivity index (χ4v) is 1.90. The molecular weight excluding hydrogens is 314 g/mol. The molecule has 3 atom stereocenters. The fraction of sp³-hybridized carbons (Fsp3) is 0.625. The molecule has 0 fully saturated rings. The molecule has 8 heteroatoms. The van der Waals surface area contributed by atoms with Crippen LogP contribution in [0.15, 0.2) is 30.3 Å². The van der Waals surface area contributed by atoms with Gasteiger partial charge in [-0.05, 0) is 6.92 Å². The van der Waals surface area contributed by atoms with Gasteiger partial charge in [-0.3, -0.25) is 4.90 Å². The predicted octanol–water partition coefficient (Wildman–Crippen LogP) is -0.0466. The number of hydrogen-bond acceptors (Lipinski definition) is 6. The summed E-state index contributed by atoms with van der Waals surface area (Å²) in [4.78, 5) is 16.1. The van der Waals surface area contributed by atoms with E-state index in [-0.39, 0.29) is 32.3 Å². The molecule has 0 saturated carbocycles. The van der Waals surface area contributed by atoms with E-state index in [0.29, 0.717) is 13.2 Å². The highest BCUT2D eigenvalue weighted by molar-refractivity contribution is 5.83. The highest BCUT2D eigenvalue weighted by Gasteiger charge is 2.20. The second-order valence-corrected chi connectivity index (χ2v) is 5.27. The SMILES string of the molecule is C=CCOCC(O)CN(CC(O)COCC=C)C(C)/C=N/C(N)=O. The van der Waals surface area contributed by atoms with Crippen LogP contribution in [0.3, 0.4) is 0 Å². The summed E-state index contributed by atoms with van der Waals surface area (Å²) in [5.41, 5.74) is 4.99. The summed E-state index contributed by atoms with van der Waals surface area (Å²) in [6, 6.07) is -1.12. The molecule has 0 aliphatic heterocycles. The largest absolute Gasteiger partial charge is 0.389 e. The maximum absolute atomic E-state index is 10.8. The Morgan fingerprint density at radius 1 is 1.17 bits per heavy atom. The number of ether oxygens (including phenoxy) is 2. The van der Waals surface area contributed by atoms with Crippen molar-refractivity contribution in [3.05, 3.63) is 25.3 Å². The van der Waals surface area contributed by atoms with Gasteiger partial charge in [-0.2, -0.15) is 0 Å². The molecule has 0 aromatic carbocycles. The second kappa shape index (κ2) is 13.8. The van der Waals surface area contributed by atoms with Crippen LogP contribution in [0.4, 0.5) is 4.79 Å². The van der Waals surface area contributed by atoms with E-state index in [0.717, 1.165) is 0 Å². The van der Waals surface area contributed by atoms with Crippen molar-refractivity contribution in [2.75, 3.05) is 39.5 Å². The van der Waals surface area contributed by atoms with E-state index in [1.807, 2.05) is 0 Å². The zero-order valence-electron chi connectivity index (χ0n) is 14.2. The van der Waals surface area contributed by atoms with E-state index in [9.17, 15) is 15.0 Å². The maximum Gasteiger partial charge on any atom is 0.338 e. The Bertz CT molecular complexity index is 381. The molecule has 0 saturated heterocycles. The molecule has 0 heterocycles. The third kappa shape index (κ3) is 11.9. The Morgan fingerprint density at radius 3 is 2.00 bits per heavy atom. The average molecular weight is 343 g/mol. The van der Waals surface area contributed by atoms with Gasteiger partial charge in [0.2, 0.25) is 0 Å². The molecule has 0 bridgehead atoms. The van der Waals surface area contributed by atoms with Crippen LogP contribution >= 0.6 is 0 Å². The topological polar surface area (TPSA) is 118 Å². The summed E-state index contributed by atoms with van der Waals surface area (Å²) in [6.07, 6.45) is 3.02. The standard InChI is InChI=1S/C16H29N3O5/c1-4-6-23-11-14(20)9-19(13(3)8-18-16(17)22)10-15(21)12-24-7-5-2/h4-5,8,13-15,20-21H,1-2,6-7,9-12H2,3H3,(H2,17,22)/b18-8+. The first kappa shape index (κ1) is 22.4.